The first-order chi connectivity index (χ1) is 7.58. The molecule has 0 saturated carbocycles. The molecule has 2 heterocycles. The summed E-state index contributed by atoms with van der Waals surface area (Å²) in [4.78, 5) is 2.40. The van der Waals surface area contributed by atoms with Gasteiger partial charge in [0, 0.05) is 5.69 Å². The van der Waals surface area contributed by atoms with Crippen molar-refractivity contribution in [1.29, 1.82) is 0 Å². The van der Waals surface area contributed by atoms with E-state index in [1.807, 2.05) is 0 Å². The number of likely N-dealkylation sites (tertiary alicyclic amines) is 1. The molecule has 1 aromatic rings. The van der Waals surface area contributed by atoms with Gasteiger partial charge in [0.1, 0.15) is 0 Å². The van der Waals surface area contributed by atoms with Gasteiger partial charge in [0.05, 0.1) is 11.7 Å². The molecule has 0 unspecified atom stereocenters. The van der Waals surface area contributed by atoms with Crippen LogP contribution in [-0.2, 0) is 0 Å². The van der Waals surface area contributed by atoms with E-state index in [0.29, 0.717) is 12.0 Å². The average molecular weight is 221 g/mol. The third-order valence-corrected chi connectivity index (χ3v) is 3.51. The first kappa shape index (κ1) is 11.6. The Morgan fingerprint density at radius 1 is 1.31 bits per heavy atom. The SMILES string of the molecule is Cc1cc(C(C)C)n(C2CCN(C)CC2)n1. The maximum Gasteiger partial charge on any atom is 0.0596 e. The van der Waals surface area contributed by atoms with Crippen LogP contribution in [-0.4, -0.2) is 34.8 Å². The third-order valence-electron chi connectivity index (χ3n) is 3.51. The van der Waals surface area contributed by atoms with E-state index in [0.717, 1.165) is 5.69 Å². The summed E-state index contributed by atoms with van der Waals surface area (Å²) in [5.74, 6) is 0.570. The fraction of sp³-hybridized carbons (Fsp3) is 0.769. The predicted molar refractivity (Wildman–Crippen MR) is 66.8 cm³/mol. The highest BCUT2D eigenvalue weighted by Crippen LogP contribution is 2.26. The molecule has 1 aliphatic heterocycles. The van der Waals surface area contributed by atoms with Crippen LogP contribution in [0.15, 0.2) is 6.07 Å². The summed E-state index contributed by atoms with van der Waals surface area (Å²) in [6.45, 7) is 8.99. The topological polar surface area (TPSA) is 21.1 Å². The monoisotopic (exact) mass is 221 g/mol. The van der Waals surface area contributed by atoms with Gasteiger partial charge in [-0.2, -0.15) is 5.10 Å². The number of nitrogens with zero attached hydrogens (tertiary/aromatic N) is 3. The van der Waals surface area contributed by atoms with Crippen molar-refractivity contribution in [3.8, 4) is 0 Å². The molecule has 0 radical (unpaired) electrons. The van der Waals surface area contributed by atoms with E-state index in [4.69, 9.17) is 0 Å². The van der Waals surface area contributed by atoms with Gasteiger partial charge in [0.25, 0.3) is 0 Å². The zero-order chi connectivity index (χ0) is 11.7. The largest absolute Gasteiger partial charge is 0.306 e. The second-order valence-corrected chi connectivity index (χ2v) is 5.34. The lowest BCUT2D eigenvalue weighted by molar-refractivity contribution is 0.209. The van der Waals surface area contributed by atoms with Crippen LogP contribution in [0.2, 0.25) is 0 Å². The lowest BCUT2D eigenvalue weighted by Crippen LogP contribution is -2.32. The van der Waals surface area contributed by atoms with Gasteiger partial charge in [0.2, 0.25) is 0 Å². The molecule has 16 heavy (non-hydrogen) atoms. The van der Waals surface area contributed by atoms with Crippen molar-refractivity contribution in [2.45, 2.75) is 45.6 Å². The van der Waals surface area contributed by atoms with E-state index < -0.39 is 0 Å². The molecule has 0 bridgehead atoms. The summed E-state index contributed by atoms with van der Waals surface area (Å²) in [6.07, 6.45) is 2.47. The molecule has 0 N–H and O–H groups in total. The molecule has 3 heteroatoms. The summed E-state index contributed by atoms with van der Waals surface area (Å²) in [7, 11) is 2.20. The molecule has 0 amide bonds. The minimum absolute atomic E-state index is 0.570. The lowest BCUT2D eigenvalue weighted by Gasteiger charge is -2.30. The highest BCUT2D eigenvalue weighted by molar-refractivity contribution is 5.13. The second kappa shape index (κ2) is 4.58. The molecule has 1 aromatic heterocycles. The minimum atomic E-state index is 0.570. The van der Waals surface area contributed by atoms with Crippen LogP contribution in [0.25, 0.3) is 0 Å². The summed E-state index contributed by atoms with van der Waals surface area (Å²) in [6, 6.07) is 2.85. The summed E-state index contributed by atoms with van der Waals surface area (Å²) < 4.78 is 2.28. The molecule has 1 saturated heterocycles. The summed E-state index contributed by atoms with van der Waals surface area (Å²) in [5.41, 5.74) is 2.55. The fourth-order valence-corrected chi connectivity index (χ4v) is 2.50. The van der Waals surface area contributed by atoms with E-state index in [-0.39, 0.29) is 0 Å². The van der Waals surface area contributed by atoms with E-state index >= 15 is 0 Å². The maximum atomic E-state index is 4.68. The first-order valence-electron chi connectivity index (χ1n) is 6.32. The van der Waals surface area contributed by atoms with Crippen molar-refractivity contribution in [2.75, 3.05) is 20.1 Å². The van der Waals surface area contributed by atoms with Gasteiger partial charge in [-0.1, -0.05) is 13.8 Å². The number of hydrogen-bond acceptors (Lipinski definition) is 2. The van der Waals surface area contributed by atoms with Gasteiger partial charge < -0.3 is 4.90 Å². The molecule has 0 aliphatic carbocycles. The van der Waals surface area contributed by atoms with Crippen molar-refractivity contribution in [2.24, 2.45) is 0 Å². The molecule has 1 fully saturated rings. The standard InChI is InChI=1S/C13H23N3/c1-10(2)13-9-11(3)14-16(13)12-5-7-15(4)8-6-12/h9-10,12H,5-8H2,1-4H3. The number of piperidine rings is 1. The predicted octanol–water partition coefficient (Wildman–Crippen LogP) is 2.58. The molecular formula is C13H23N3. The normalized spacial score (nSPS) is 19.6. The van der Waals surface area contributed by atoms with Crippen LogP contribution < -0.4 is 0 Å². The number of rotatable bonds is 2. The number of aromatic nitrogens is 2. The molecule has 3 nitrogen and oxygen atoms in total. The van der Waals surface area contributed by atoms with Crippen molar-refractivity contribution in [1.82, 2.24) is 14.7 Å². The van der Waals surface area contributed by atoms with Gasteiger partial charge in [-0.25, -0.2) is 0 Å². The van der Waals surface area contributed by atoms with Crippen molar-refractivity contribution >= 4 is 0 Å². The Morgan fingerprint density at radius 3 is 2.50 bits per heavy atom. The molecule has 90 valence electrons. The van der Waals surface area contributed by atoms with Gasteiger partial charge >= 0.3 is 0 Å². The third kappa shape index (κ3) is 2.29. The van der Waals surface area contributed by atoms with Crippen LogP contribution in [0.5, 0.6) is 0 Å². The Bertz CT molecular complexity index is 346. The maximum absolute atomic E-state index is 4.68. The lowest BCUT2D eigenvalue weighted by atomic mass is 10.0. The highest BCUT2D eigenvalue weighted by atomic mass is 15.3. The van der Waals surface area contributed by atoms with Crippen LogP contribution in [0, 0.1) is 6.92 Å². The van der Waals surface area contributed by atoms with Crippen LogP contribution >= 0.6 is 0 Å². The minimum Gasteiger partial charge on any atom is -0.306 e. The Morgan fingerprint density at radius 2 is 1.94 bits per heavy atom. The zero-order valence-electron chi connectivity index (χ0n) is 10.9. The Hall–Kier alpha value is -0.830. The smallest absolute Gasteiger partial charge is 0.0596 e. The quantitative estimate of drug-likeness (QED) is 0.765. The summed E-state index contributed by atoms with van der Waals surface area (Å²) >= 11 is 0. The van der Waals surface area contributed by atoms with Gasteiger partial charge in [0.15, 0.2) is 0 Å². The van der Waals surface area contributed by atoms with Crippen molar-refractivity contribution < 1.29 is 0 Å². The van der Waals surface area contributed by atoms with E-state index in [1.54, 1.807) is 0 Å². The fourth-order valence-electron chi connectivity index (χ4n) is 2.50. The van der Waals surface area contributed by atoms with E-state index in [9.17, 15) is 0 Å². The highest BCUT2D eigenvalue weighted by Gasteiger charge is 2.22. The van der Waals surface area contributed by atoms with Gasteiger partial charge in [-0.05, 0) is 51.9 Å². The van der Waals surface area contributed by atoms with E-state index in [2.05, 4.69) is 48.6 Å². The second-order valence-electron chi connectivity index (χ2n) is 5.34. The Kier molecular flexibility index (Phi) is 3.33. The van der Waals surface area contributed by atoms with Crippen LogP contribution in [0.4, 0.5) is 0 Å². The van der Waals surface area contributed by atoms with E-state index in [1.165, 1.54) is 31.6 Å². The molecule has 0 spiro atoms. The molecule has 0 atom stereocenters. The molecular weight excluding hydrogens is 198 g/mol. The zero-order valence-corrected chi connectivity index (χ0v) is 10.9. The average Bonchev–Trinajstić information content (AvgIpc) is 2.61. The molecule has 1 aliphatic rings. The molecule has 0 aromatic carbocycles. The van der Waals surface area contributed by atoms with Crippen LogP contribution in [0.1, 0.15) is 50.0 Å². The van der Waals surface area contributed by atoms with Gasteiger partial charge in [-0.3, -0.25) is 4.68 Å². The number of aryl methyl sites for hydroxylation is 1. The first-order valence-corrected chi connectivity index (χ1v) is 6.32. The Labute approximate surface area is 98.4 Å². The molecule has 2 rings (SSSR count). The van der Waals surface area contributed by atoms with Crippen LogP contribution in [0.3, 0.4) is 0 Å². The summed E-state index contributed by atoms with van der Waals surface area (Å²) in [5, 5.41) is 4.68. The van der Waals surface area contributed by atoms with Crippen molar-refractivity contribution in [3.63, 3.8) is 0 Å². The number of hydrogen-bond donors (Lipinski definition) is 0. The Balaban J connectivity index is 2.19. The van der Waals surface area contributed by atoms with Gasteiger partial charge in [-0.15, -0.1) is 0 Å². The van der Waals surface area contributed by atoms with Crippen molar-refractivity contribution in [3.05, 3.63) is 17.5 Å².